The maximum atomic E-state index is 12.8. The van der Waals surface area contributed by atoms with Crippen LogP contribution in [0.25, 0.3) is 0 Å². The van der Waals surface area contributed by atoms with E-state index in [2.05, 4.69) is 4.99 Å². The SMILES string of the molecule is COCCOC(=O)C1=C(C)N=C2SC(C)C(=O)N2C1c1ccc(Cl)cc1Cl. The number of ether oxygens (including phenoxy) is 2. The van der Waals surface area contributed by atoms with Crippen molar-refractivity contribution < 1.29 is 19.1 Å². The smallest absolute Gasteiger partial charge is 0.338 e. The van der Waals surface area contributed by atoms with Crippen LogP contribution >= 0.6 is 35.0 Å². The van der Waals surface area contributed by atoms with E-state index in [0.29, 0.717) is 26.5 Å². The van der Waals surface area contributed by atoms with Crippen LogP contribution in [0.5, 0.6) is 0 Å². The minimum Gasteiger partial charge on any atom is -0.460 e. The number of benzene rings is 1. The summed E-state index contributed by atoms with van der Waals surface area (Å²) in [7, 11) is 1.52. The number of amides is 1. The molecule has 144 valence electrons. The van der Waals surface area contributed by atoms with E-state index >= 15 is 0 Å². The highest BCUT2D eigenvalue weighted by molar-refractivity contribution is 8.15. The molecule has 2 atom stereocenters. The summed E-state index contributed by atoms with van der Waals surface area (Å²) in [5.41, 5.74) is 1.37. The number of hydrogen-bond donors (Lipinski definition) is 0. The van der Waals surface area contributed by atoms with Gasteiger partial charge in [-0.15, -0.1) is 0 Å². The number of rotatable bonds is 5. The highest BCUT2D eigenvalue weighted by Gasteiger charge is 2.46. The molecule has 1 amide bonds. The van der Waals surface area contributed by atoms with Crippen molar-refractivity contribution >= 4 is 52.0 Å². The molecule has 9 heteroatoms. The van der Waals surface area contributed by atoms with Gasteiger partial charge in [-0.1, -0.05) is 41.0 Å². The lowest BCUT2D eigenvalue weighted by Gasteiger charge is -2.33. The molecule has 1 fully saturated rings. The number of carbonyl (C=O) groups is 2. The van der Waals surface area contributed by atoms with E-state index in [1.54, 1.807) is 32.0 Å². The summed E-state index contributed by atoms with van der Waals surface area (Å²) < 4.78 is 10.2. The molecule has 0 saturated carbocycles. The largest absolute Gasteiger partial charge is 0.460 e. The van der Waals surface area contributed by atoms with Gasteiger partial charge >= 0.3 is 5.97 Å². The quantitative estimate of drug-likeness (QED) is 0.526. The topological polar surface area (TPSA) is 68.2 Å². The van der Waals surface area contributed by atoms with Crippen molar-refractivity contribution in [2.75, 3.05) is 20.3 Å². The molecule has 0 bridgehead atoms. The Morgan fingerprint density at radius 3 is 2.74 bits per heavy atom. The van der Waals surface area contributed by atoms with Crippen LogP contribution in [0.4, 0.5) is 0 Å². The van der Waals surface area contributed by atoms with Gasteiger partial charge in [-0.3, -0.25) is 9.69 Å². The second-order valence-electron chi connectivity index (χ2n) is 6.06. The van der Waals surface area contributed by atoms with Crippen molar-refractivity contribution in [3.8, 4) is 0 Å². The predicted molar refractivity (Wildman–Crippen MR) is 106 cm³/mol. The average Bonchev–Trinajstić information content (AvgIpc) is 2.88. The molecule has 2 aliphatic heterocycles. The lowest BCUT2D eigenvalue weighted by atomic mass is 9.94. The molecule has 2 aliphatic rings. The first kappa shape index (κ1) is 20.2. The maximum absolute atomic E-state index is 12.8. The van der Waals surface area contributed by atoms with Crippen molar-refractivity contribution in [2.24, 2.45) is 4.99 Å². The Bertz CT molecular complexity index is 856. The molecular weight excluding hydrogens is 411 g/mol. The molecule has 1 aromatic rings. The monoisotopic (exact) mass is 428 g/mol. The summed E-state index contributed by atoms with van der Waals surface area (Å²) in [5.74, 6) is -0.690. The number of hydrogen-bond acceptors (Lipinski definition) is 6. The van der Waals surface area contributed by atoms with E-state index < -0.39 is 12.0 Å². The number of thioether (sulfide) groups is 1. The minimum absolute atomic E-state index is 0.100. The molecule has 0 aliphatic carbocycles. The highest BCUT2D eigenvalue weighted by Crippen LogP contribution is 2.45. The van der Waals surface area contributed by atoms with Crippen LogP contribution in [-0.2, 0) is 19.1 Å². The van der Waals surface area contributed by atoms with Crippen LogP contribution in [0.1, 0.15) is 25.5 Å². The van der Waals surface area contributed by atoms with Gasteiger partial charge in [-0.05, 0) is 31.5 Å². The third kappa shape index (κ3) is 3.87. The Morgan fingerprint density at radius 2 is 2.07 bits per heavy atom. The molecule has 27 heavy (non-hydrogen) atoms. The Morgan fingerprint density at radius 1 is 1.33 bits per heavy atom. The minimum atomic E-state index is -0.720. The zero-order chi connectivity index (χ0) is 19.7. The number of amidine groups is 1. The maximum Gasteiger partial charge on any atom is 0.338 e. The second kappa shape index (κ2) is 8.22. The van der Waals surface area contributed by atoms with Gasteiger partial charge in [0.2, 0.25) is 5.91 Å². The van der Waals surface area contributed by atoms with Crippen LogP contribution in [0.2, 0.25) is 10.0 Å². The van der Waals surface area contributed by atoms with Gasteiger partial charge in [0.05, 0.1) is 29.2 Å². The fourth-order valence-corrected chi connectivity index (χ4v) is 4.52. The fraction of sp³-hybridized carbons (Fsp3) is 0.389. The molecule has 1 aromatic carbocycles. The van der Waals surface area contributed by atoms with E-state index in [-0.39, 0.29) is 29.9 Å². The summed E-state index contributed by atoms with van der Waals surface area (Å²) in [6.07, 6.45) is 0. The third-order valence-electron chi connectivity index (χ3n) is 4.26. The summed E-state index contributed by atoms with van der Waals surface area (Å²) in [4.78, 5) is 31.6. The molecule has 1 saturated heterocycles. The first-order chi connectivity index (χ1) is 12.8. The van der Waals surface area contributed by atoms with Crippen molar-refractivity contribution in [1.82, 2.24) is 4.90 Å². The Hall–Kier alpha value is -1.54. The normalized spacial score (nSPS) is 22.0. The third-order valence-corrected chi connectivity index (χ3v) is 5.87. The molecular formula is C18H18Cl2N2O4S. The van der Waals surface area contributed by atoms with Crippen LogP contribution in [0.15, 0.2) is 34.5 Å². The number of carbonyl (C=O) groups excluding carboxylic acids is 2. The summed E-state index contributed by atoms with van der Waals surface area (Å²) >= 11 is 13.8. The molecule has 0 aromatic heterocycles. The molecule has 3 rings (SSSR count). The average molecular weight is 429 g/mol. The van der Waals surface area contributed by atoms with E-state index in [4.69, 9.17) is 32.7 Å². The molecule has 2 heterocycles. The summed E-state index contributed by atoms with van der Waals surface area (Å²) in [6, 6.07) is 4.26. The molecule has 6 nitrogen and oxygen atoms in total. The number of esters is 1. The van der Waals surface area contributed by atoms with Gasteiger partial charge in [-0.25, -0.2) is 9.79 Å². The second-order valence-corrected chi connectivity index (χ2v) is 8.21. The lowest BCUT2D eigenvalue weighted by molar-refractivity contribution is -0.141. The highest BCUT2D eigenvalue weighted by atomic mass is 35.5. The van der Waals surface area contributed by atoms with E-state index in [1.165, 1.54) is 23.8 Å². The van der Waals surface area contributed by atoms with E-state index in [1.807, 2.05) is 0 Å². The zero-order valence-electron chi connectivity index (χ0n) is 15.0. The molecule has 0 radical (unpaired) electrons. The van der Waals surface area contributed by atoms with Gasteiger partial charge in [-0.2, -0.15) is 0 Å². The van der Waals surface area contributed by atoms with Crippen molar-refractivity contribution in [3.05, 3.63) is 45.1 Å². The molecule has 0 N–H and O–H groups in total. The van der Waals surface area contributed by atoms with Crippen molar-refractivity contribution in [3.63, 3.8) is 0 Å². The zero-order valence-corrected chi connectivity index (χ0v) is 17.3. The van der Waals surface area contributed by atoms with E-state index in [0.717, 1.165) is 0 Å². The number of allylic oxidation sites excluding steroid dienone is 1. The van der Waals surface area contributed by atoms with Gasteiger partial charge < -0.3 is 9.47 Å². The van der Waals surface area contributed by atoms with Gasteiger partial charge in [0.25, 0.3) is 0 Å². The molecule has 0 spiro atoms. The Labute approximate surface area is 171 Å². The van der Waals surface area contributed by atoms with Gasteiger partial charge in [0.15, 0.2) is 5.17 Å². The number of nitrogens with zero attached hydrogens (tertiary/aromatic N) is 2. The predicted octanol–water partition coefficient (Wildman–Crippen LogP) is 3.83. The summed E-state index contributed by atoms with van der Waals surface area (Å²) in [6.45, 7) is 3.90. The molecule has 2 unspecified atom stereocenters. The van der Waals surface area contributed by atoms with E-state index in [9.17, 15) is 9.59 Å². The number of halogens is 2. The number of aliphatic imine (C=N–C) groups is 1. The Balaban J connectivity index is 2.09. The Kier molecular flexibility index (Phi) is 6.15. The van der Waals surface area contributed by atoms with Crippen LogP contribution in [0.3, 0.4) is 0 Å². The summed E-state index contributed by atoms with van der Waals surface area (Å²) in [5, 5.41) is 1.08. The standard InChI is InChI=1S/C18H18Cl2N2O4S/c1-9-14(17(24)26-7-6-25-3)15(12-5-4-11(19)8-13(12)20)22-16(23)10(2)27-18(22)21-9/h4-5,8,10,15H,6-7H2,1-3H3. The fourth-order valence-electron chi connectivity index (χ4n) is 2.98. The van der Waals surface area contributed by atoms with Crippen LogP contribution < -0.4 is 0 Å². The first-order valence-electron chi connectivity index (χ1n) is 8.25. The lowest BCUT2D eigenvalue weighted by Crippen LogP contribution is -2.40. The van der Waals surface area contributed by atoms with Crippen LogP contribution in [0, 0.1) is 0 Å². The van der Waals surface area contributed by atoms with Crippen molar-refractivity contribution in [2.45, 2.75) is 25.1 Å². The number of fused-ring (bicyclic) bond motifs is 1. The van der Waals surface area contributed by atoms with Crippen LogP contribution in [-0.4, -0.2) is 47.5 Å². The number of methoxy groups -OCH3 is 1. The van der Waals surface area contributed by atoms with Gasteiger partial charge in [0, 0.05) is 17.2 Å². The first-order valence-corrected chi connectivity index (χ1v) is 9.89. The van der Waals surface area contributed by atoms with Gasteiger partial charge in [0.1, 0.15) is 6.61 Å². The van der Waals surface area contributed by atoms with Crippen molar-refractivity contribution in [1.29, 1.82) is 0 Å².